The van der Waals surface area contributed by atoms with Crippen LogP contribution in [0.15, 0.2) is 36.7 Å². The van der Waals surface area contributed by atoms with E-state index >= 15 is 0 Å². The van der Waals surface area contributed by atoms with Gasteiger partial charge in [-0.15, -0.1) is 0 Å². The molecule has 112 valence electrons. The normalized spacial score (nSPS) is 10.1. The van der Waals surface area contributed by atoms with Crippen molar-refractivity contribution in [3.63, 3.8) is 0 Å². The fourth-order valence-electron chi connectivity index (χ4n) is 2.20. The van der Waals surface area contributed by atoms with Crippen molar-refractivity contribution in [2.45, 2.75) is 6.54 Å². The first-order valence-corrected chi connectivity index (χ1v) is 6.72. The van der Waals surface area contributed by atoms with Gasteiger partial charge in [-0.25, -0.2) is 0 Å². The largest absolute Gasteiger partial charge is 0.493 e. The minimum atomic E-state index is 0.632. The van der Waals surface area contributed by atoms with E-state index < -0.39 is 0 Å². The van der Waals surface area contributed by atoms with Gasteiger partial charge in [0.05, 0.1) is 31.8 Å². The average molecular weight is 287 g/mol. The number of aromatic nitrogens is 1. The Morgan fingerprint density at radius 2 is 1.95 bits per heavy atom. The van der Waals surface area contributed by atoms with Crippen LogP contribution in [-0.4, -0.2) is 33.3 Å². The van der Waals surface area contributed by atoms with Gasteiger partial charge in [-0.1, -0.05) is 12.1 Å². The molecular weight excluding hydrogens is 266 g/mol. The first-order valence-electron chi connectivity index (χ1n) is 6.72. The molecule has 0 aliphatic carbocycles. The Bertz CT molecular complexity index is 600. The lowest BCUT2D eigenvalue weighted by Gasteiger charge is -2.19. The van der Waals surface area contributed by atoms with E-state index in [4.69, 9.17) is 9.47 Å². The number of ether oxygens (including phenoxy) is 2. The van der Waals surface area contributed by atoms with E-state index in [1.807, 2.05) is 49.5 Å². The van der Waals surface area contributed by atoms with E-state index in [-0.39, 0.29) is 0 Å². The summed E-state index contributed by atoms with van der Waals surface area (Å²) in [5.41, 5.74) is 3.10. The first-order chi connectivity index (χ1) is 10.2. The van der Waals surface area contributed by atoms with Crippen LogP contribution in [0.2, 0.25) is 0 Å². The Balaban J connectivity index is 2.21. The second-order valence-corrected chi connectivity index (χ2v) is 4.79. The Hall–Kier alpha value is -2.43. The predicted octanol–water partition coefficient (Wildman–Crippen LogP) is 2.78. The summed E-state index contributed by atoms with van der Waals surface area (Å²) >= 11 is 0. The van der Waals surface area contributed by atoms with Crippen LogP contribution in [0.3, 0.4) is 0 Å². The topological polar surface area (TPSA) is 46.6 Å². The Labute approximate surface area is 125 Å². The summed E-state index contributed by atoms with van der Waals surface area (Å²) in [4.78, 5) is 6.22. The number of hydrogen-bond donors (Lipinski definition) is 1. The maximum Gasteiger partial charge on any atom is 0.165 e. The number of hydrogen-bond acceptors (Lipinski definition) is 5. The van der Waals surface area contributed by atoms with E-state index in [1.54, 1.807) is 20.4 Å². The standard InChI is InChI=1S/C16H21N3O2/c1-19(2)14-8-9-17-11-13(14)18-10-12-6-5-7-15(20-3)16(12)21-4/h5-9,11,18H,10H2,1-4H3. The van der Waals surface area contributed by atoms with Gasteiger partial charge in [0, 0.05) is 32.4 Å². The predicted molar refractivity (Wildman–Crippen MR) is 85.4 cm³/mol. The van der Waals surface area contributed by atoms with Crippen molar-refractivity contribution >= 4 is 11.4 Å². The molecule has 1 aromatic heterocycles. The van der Waals surface area contributed by atoms with Crippen LogP contribution in [0, 0.1) is 0 Å². The van der Waals surface area contributed by atoms with Gasteiger partial charge in [0.15, 0.2) is 11.5 Å². The Morgan fingerprint density at radius 1 is 1.14 bits per heavy atom. The maximum absolute atomic E-state index is 5.44. The zero-order valence-corrected chi connectivity index (χ0v) is 12.9. The third-order valence-electron chi connectivity index (χ3n) is 3.23. The molecule has 1 heterocycles. The highest BCUT2D eigenvalue weighted by Crippen LogP contribution is 2.31. The zero-order valence-electron chi connectivity index (χ0n) is 12.9. The van der Waals surface area contributed by atoms with Gasteiger partial charge in [-0.05, 0) is 12.1 Å². The molecule has 5 nitrogen and oxygen atoms in total. The molecule has 0 unspecified atom stereocenters. The first kappa shape index (κ1) is 15.0. The second-order valence-electron chi connectivity index (χ2n) is 4.79. The lowest BCUT2D eigenvalue weighted by molar-refractivity contribution is 0.352. The van der Waals surface area contributed by atoms with Crippen molar-refractivity contribution in [1.29, 1.82) is 0 Å². The van der Waals surface area contributed by atoms with E-state index in [9.17, 15) is 0 Å². The number of para-hydroxylation sites is 1. The fraction of sp³-hybridized carbons (Fsp3) is 0.312. The highest BCUT2D eigenvalue weighted by molar-refractivity contribution is 5.68. The van der Waals surface area contributed by atoms with Crippen molar-refractivity contribution in [2.24, 2.45) is 0 Å². The van der Waals surface area contributed by atoms with Crippen molar-refractivity contribution in [3.05, 3.63) is 42.2 Å². The number of anilines is 2. The molecule has 0 spiro atoms. The number of nitrogens with one attached hydrogen (secondary N) is 1. The molecule has 0 atom stereocenters. The summed E-state index contributed by atoms with van der Waals surface area (Å²) < 4.78 is 10.8. The van der Waals surface area contributed by atoms with Crippen molar-refractivity contribution in [2.75, 3.05) is 38.5 Å². The zero-order chi connectivity index (χ0) is 15.2. The van der Waals surface area contributed by atoms with Crippen LogP contribution < -0.4 is 19.7 Å². The summed E-state index contributed by atoms with van der Waals surface area (Å²) in [5, 5.41) is 3.40. The molecule has 0 saturated heterocycles. The number of methoxy groups -OCH3 is 2. The molecule has 0 amide bonds. The van der Waals surface area contributed by atoms with Gasteiger partial charge in [-0.2, -0.15) is 0 Å². The van der Waals surface area contributed by atoms with Crippen LogP contribution in [0.25, 0.3) is 0 Å². The average Bonchev–Trinajstić information content (AvgIpc) is 2.52. The monoisotopic (exact) mass is 287 g/mol. The van der Waals surface area contributed by atoms with Crippen molar-refractivity contribution in [3.8, 4) is 11.5 Å². The minimum Gasteiger partial charge on any atom is -0.493 e. The molecular formula is C16H21N3O2. The van der Waals surface area contributed by atoms with Gasteiger partial charge in [0.1, 0.15) is 0 Å². The van der Waals surface area contributed by atoms with Gasteiger partial charge in [0.2, 0.25) is 0 Å². The van der Waals surface area contributed by atoms with Gasteiger partial charge in [-0.3, -0.25) is 4.98 Å². The Morgan fingerprint density at radius 3 is 2.62 bits per heavy atom. The van der Waals surface area contributed by atoms with Crippen molar-refractivity contribution in [1.82, 2.24) is 4.98 Å². The number of nitrogens with zero attached hydrogens (tertiary/aromatic N) is 2. The van der Waals surface area contributed by atoms with E-state index in [0.717, 1.165) is 28.4 Å². The molecule has 2 aromatic rings. The molecule has 21 heavy (non-hydrogen) atoms. The van der Waals surface area contributed by atoms with Crippen LogP contribution >= 0.6 is 0 Å². The van der Waals surface area contributed by atoms with Crippen molar-refractivity contribution < 1.29 is 9.47 Å². The Kier molecular flexibility index (Phi) is 4.87. The number of pyridine rings is 1. The maximum atomic E-state index is 5.44. The number of benzene rings is 1. The van der Waals surface area contributed by atoms with Gasteiger partial charge >= 0.3 is 0 Å². The van der Waals surface area contributed by atoms with Crippen LogP contribution in [0.4, 0.5) is 11.4 Å². The summed E-state index contributed by atoms with van der Waals surface area (Å²) in [5.74, 6) is 1.48. The molecule has 1 aromatic carbocycles. The molecule has 2 rings (SSSR count). The molecule has 0 aliphatic rings. The van der Waals surface area contributed by atoms with E-state index in [2.05, 4.69) is 10.3 Å². The number of rotatable bonds is 6. The van der Waals surface area contributed by atoms with Crippen LogP contribution in [-0.2, 0) is 6.54 Å². The summed E-state index contributed by atoms with van der Waals surface area (Å²) in [6.07, 6.45) is 3.61. The molecule has 1 N–H and O–H groups in total. The van der Waals surface area contributed by atoms with Gasteiger partial charge < -0.3 is 19.7 Å². The minimum absolute atomic E-state index is 0.632. The molecule has 0 saturated carbocycles. The highest BCUT2D eigenvalue weighted by Gasteiger charge is 2.10. The molecule has 0 aliphatic heterocycles. The van der Waals surface area contributed by atoms with Crippen LogP contribution in [0.1, 0.15) is 5.56 Å². The van der Waals surface area contributed by atoms with E-state index in [0.29, 0.717) is 6.54 Å². The van der Waals surface area contributed by atoms with Crippen LogP contribution in [0.5, 0.6) is 11.5 Å². The molecule has 0 bridgehead atoms. The fourth-order valence-corrected chi connectivity index (χ4v) is 2.20. The lowest BCUT2D eigenvalue weighted by atomic mass is 10.1. The highest BCUT2D eigenvalue weighted by atomic mass is 16.5. The molecule has 0 radical (unpaired) electrons. The quantitative estimate of drug-likeness (QED) is 0.885. The molecule has 5 heteroatoms. The smallest absolute Gasteiger partial charge is 0.165 e. The summed E-state index contributed by atoms with van der Waals surface area (Å²) in [7, 11) is 7.30. The second kappa shape index (κ2) is 6.83. The third-order valence-corrected chi connectivity index (χ3v) is 3.23. The van der Waals surface area contributed by atoms with Gasteiger partial charge in [0.25, 0.3) is 0 Å². The summed E-state index contributed by atoms with van der Waals surface area (Å²) in [6, 6.07) is 7.83. The molecule has 0 fully saturated rings. The summed E-state index contributed by atoms with van der Waals surface area (Å²) in [6.45, 7) is 0.632. The SMILES string of the molecule is COc1cccc(CNc2cnccc2N(C)C)c1OC. The third kappa shape index (κ3) is 3.37. The lowest BCUT2D eigenvalue weighted by Crippen LogP contribution is -2.12. The van der Waals surface area contributed by atoms with E-state index in [1.165, 1.54) is 0 Å².